The number of ether oxygens (including phenoxy) is 1. The summed E-state index contributed by atoms with van der Waals surface area (Å²) < 4.78 is 47.1. The largest absolute Gasteiger partial charge is 0.483 e. The maximum atomic E-state index is 14.3. The van der Waals surface area contributed by atoms with Crippen molar-refractivity contribution < 1.29 is 22.7 Å². The lowest BCUT2D eigenvalue weighted by molar-refractivity contribution is 0.0993. The van der Waals surface area contributed by atoms with Crippen LogP contribution in [0.5, 0.6) is 5.75 Å². The number of halogens is 3. The number of nitrogens with zero attached hydrogens (tertiary/aromatic N) is 2. The van der Waals surface area contributed by atoms with Crippen LogP contribution in [-0.4, -0.2) is 11.5 Å². The number of carbonyl (C=O) groups is 1. The molecule has 0 aromatic heterocycles. The van der Waals surface area contributed by atoms with Crippen molar-refractivity contribution in [3.8, 4) is 5.75 Å². The Hall–Kier alpha value is -3.16. The highest BCUT2D eigenvalue weighted by atomic mass is 19.2. The van der Waals surface area contributed by atoms with Gasteiger partial charge in [-0.25, -0.2) is 13.2 Å². The number of hydrogen-bond acceptors (Lipinski definition) is 3. The molecule has 1 aliphatic rings. The molecule has 0 bridgehead atoms. The van der Waals surface area contributed by atoms with E-state index in [4.69, 9.17) is 10.6 Å². The number of amides is 1. The normalized spacial score (nSPS) is 15.3. The van der Waals surface area contributed by atoms with Crippen LogP contribution in [0.3, 0.4) is 0 Å². The fourth-order valence-corrected chi connectivity index (χ4v) is 2.76. The van der Waals surface area contributed by atoms with Gasteiger partial charge < -0.3 is 10.6 Å². The minimum atomic E-state index is -1.29. The molecule has 0 unspecified atom stereocenters. The van der Waals surface area contributed by atoms with Gasteiger partial charge in [0.2, 0.25) is 0 Å². The van der Waals surface area contributed by atoms with Gasteiger partial charge in [0.05, 0.1) is 0 Å². The molecule has 1 amide bonds. The second-order valence-corrected chi connectivity index (χ2v) is 6.24. The highest BCUT2D eigenvalue weighted by molar-refractivity contribution is 5.97. The first-order valence-electron chi connectivity index (χ1n) is 7.58. The van der Waals surface area contributed by atoms with Crippen LogP contribution in [-0.2, 0) is 0 Å². The van der Waals surface area contributed by atoms with Gasteiger partial charge >= 0.3 is 0 Å². The molecule has 0 spiro atoms. The summed E-state index contributed by atoms with van der Waals surface area (Å²) in [5.74, 6) is 1.14. The predicted octanol–water partition coefficient (Wildman–Crippen LogP) is 4.17. The number of nitrogens with two attached hydrogens (primary N) is 1. The zero-order chi connectivity index (χ0) is 19.1. The Kier molecular flexibility index (Phi) is 4.27. The highest BCUT2D eigenvalue weighted by Crippen LogP contribution is 2.41. The summed E-state index contributed by atoms with van der Waals surface area (Å²) in [4.78, 5) is 11.9. The van der Waals surface area contributed by atoms with Crippen LogP contribution in [0.2, 0.25) is 0 Å². The second-order valence-electron chi connectivity index (χ2n) is 6.24. The third kappa shape index (κ3) is 3.17. The van der Waals surface area contributed by atoms with Gasteiger partial charge in [-0.05, 0) is 49.8 Å². The van der Waals surface area contributed by atoms with Crippen molar-refractivity contribution in [2.45, 2.75) is 19.4 Å². The van der Waals surface area contributed by atoms with E-state index in [-0.39, 0.29) is 16.7 Å². The quantitative estimate of drug-likeness (QED) is 0.377. The highest BCUT2D eigenvalue weighted by Gasteiger charge is 2.29. The minimum absolute atomic E-state index is 0.134. The maximum absolute atomic E-state index is 14.3. The molecule has 3 rings (SSSR count). The third-order valence-corrected chi connectivity index (χ3v) is 3.83. The fourth-order valence-electron chi connectivity index (χ4n) is 2.76. The van der Waals surface area contributed by atoms with E-state index in [1.54, 1.807) is 19.9 Å². The Balaban J connectivity index is 2.22. The summed E-state index contributed by atoms with van der Waals surface area (Å²) in [7, 11) is 0. The van der Waals surface area contributed by atoms with Crippen molar-refractivity contribution >= 4 is 11.5 Å². The van der Waals surface area contributed by atoms with Crippen molar-refractivity contribution in [1.29, 1.82) is 0 Å². The van der Waals surface area contributed by atoms with Crippen LogP contribution < -0.4 is 10.6 Å². The topological polar surface area (TPSA) is 77.0 Å². The Morgan fingerprint density at radius 3 is 2.42 bits per heavy atom. The van der Waals surface area contributed by atoms with Gasteiger partial charge in [-0.3, -0.25) is 4.79 Å². The predicted molar refractivity (Wildman–Crippen MR) is 87.9 cm³/mol. The van der Waals surface area contributed by atoms with Crippen molar-refractivity contribution in [1.82, 2.24) is 0 Å². The average molecular weight is 361 g/mol. The van der Waals surface area contributed by atoms with Crippen molar-refractivity contribution in [3.63, 3.8) is 0 Å². The Bertz CT molecular complexity index is 968. The fraction of sp³-hybridized carbons (Fsp3) is 0.167. The molecule has 0 saturated carbocycles. The SMILES string of the molecule is CC1(C)C=C(c2cc(F)c(F)cc2F)c2cc(C(=O)N=NN)ccc2O1. The lowest BCUT2D eigenvalue weighted by Gasteiger charge is -2.31. The summed E-state index contributed by atoms with van der Waals surface area (Å²) in [6, 6.07) is 5.63. The molecule has 2 aromatic carbocycles. The number of rotatable bonds is 2. The number of fused-ring (bicyclic) bond motifs is 1. The number of benzene rings is 2. The van der Waals surface area contributed by atoms with Crippen LogP contribution in [0.15, 0.2) is 46.7 Å². The molecular formula is C18H14F3N3O2. The van der Waals surface area contributed by atoms with Gasteiger partial charge in [-0.1, -0.05) is 10.3 Å². The van der Waals surface area contributed by atoms with Gasteiger partial charge in [-0.2, -0.15) is 0 Å². The molecule has 0 atom stereocenters. The minimum Gasteiger partial charge on any atom is -0.483 e. The van der Waals surface area contributed by atoms with Gasteiger partial charge in [0, 0.05) is 22.8 Å². The van der Waals surface area contributed by atoms with Gasteiger partial charge in [-0.15, -0.1) is 0 Å². The molecule has 0 fully saturated rings. The monoisotopic (exact) mass is 361 g/mol. The van der Waals surface area contributed by atoms with E-state index in [0.29, 0.717) is 17.4 Å². The number of carbonyl (C=O) groups excluding carboxylic acids is 1. The summed E-state index contributed by atoms with van der Waals surface area (Å²) in [6.45, 7) is 3.46. The van der Waals surface area contributed by atoms with Crippen LogP contribution in [0, 0.1) is 17.5 Å². The first kappa shape index (κ1) is 17.7. The van der Waals surface area contributed by atoms with E-state index in [0.717, 1.165) is 6.07 Å². The van der Waals surface area contributed by atoms with E-state index in [2.05, 4.69) is 10.3 Å². The van der Waals surface area contributed by atoms with Gasteiger partial charge in [0.25, 0.3) is 5.91 Å². The molecule has 2 N–H and O–H groups in total. The zero-order valence-electron chi connectivity index (χ0n) is 13.9. The van der Waals surface area contributed by atoms with Crippen LogP contribution in [0.25, 0.3) is 5.57 Å². The van der Waals surface area contributed by atoms with Gasteiger partial charge in [0.15, 0.2) is 11.6 Å². The molecule has 0 aliphatic carbocycles. The summed E-state index contributed by atoms with van der Waals surface area (Å²) in [6.07, 6.45) is 1.57. The molecule has 5 nitrogen and oxygen atoms in total. The van der Waals surface area contributed by atoms with Gasteiger partial charge in [0.1, 0.15) is 17.2 Å². The van der Waals surface area contributed by atoms with Crippen LogP contribution in [0.1, 0.15) is 35.3 Å². The number of hydrogen-bond donors (Lipinski definition) is 1. The summed E-state index contributed by atoms with van der Waals surface area (Å²) in [5, 5.41) is 6.17. The lowest BCUT2D eigenvalue weighted by atomic mass is 9.88. The van der Waals surface area contributed by atoms with E-state index >= 15 is 0 Å². The second kappa shape index (κ2) is 6.29. The maximum Gasteiger partial charge on any atom is 0.297 e. The Labute approximate surface area is 147 Å². The van der Waals surface area contributed by atoms with E-state index < -0.39 is 29.0 Å². The van der Waals surface area contributed by atoms with Crippen LogP contribution in [0.4, 0.5) is 13.2 Å². The molecule has 1 heterocycles. The average Bonchev–Trinajstić information content (AvgIpc) is 2.56. The van der Waals surface area contributed by atoms with Crippen molar-refractivity contribution in [2.24, 2.45) is 16.2 Å². The van der Waals surface area contributed by atoms with E-state index in [1.165, 1.54) is 18.2 Å². The third-order valence-electron chi connectivity index (χ3n) is 3.83. The summed E-state index contributed by atoms with van der Waals surface area (Å²) in [5.41, 5.74) is -0.233. The molecule has 0 saturated heterocycles. The standard InChI is InChI=1S/C18H14F3N3O2/c1-18(2)8-12(10-6-14(20)15(21)7-13(10)19)11-5-9(17(25)23-24-22)3-4-16(11)26-18/h3-8H,1-2H3,(H2,22,23,25). The molecule has 2 aromatic rings. The summed E-state index contributed by atoms with van der Waals surface area (Å²) >= 11 is 0. The molecule has 0 radical (unpaired) electrons. The first-order chi connectivity index (χ1) is 12.2. The molecule has 1 aliphatic heterocycles. The smallest absolute Gasteiger partial charge is 0.297 e. The molecular weight excluding hydrogens is 347 g/mol. The first-order valence-corrected chi connectivity index (χ1v) is 7.58. The van der Waals surface area contributed by atoms with Crippen molar-refractivity contribution in [2.75, 3.05) is 0 Å². The lowest BCUT2D eigenvalue weighted by Crippen LogP contribution is -2.29. The Morgan fingerprint density at radius 2 is 1.73 bits per heavy atom. The molecule has 8 heteroatoms. The van der Waals surface area contributed by atoms with Crippen molar-refractivity contribution in [3.05, 3.63) is 70.5 Å². The van der Waals surface area contributed by atoms with E-state index in [9.17, 15) is 18.0 Å². The van der Waals surface area contributed by atoms with Crippen LogP contribution >= 0.6 is 0 Å². The Morgan fingerprint density at radius 1 is 1.04 bits per heavy atom. The molecule has 134 valence electrons. The zero-order valence-corrected chi connectivity index (χ0v) is 13.9. The van der Waals surface area contributed by atoms with E-state index in [1.807, 2.05) is 0 Å². The molecule has 26 heavy (non-hydrogen) atoms.